The molecule has 0 aliphatic rings. The van der Waals surface area contributed by atoms with Gasteiger partial charge in [0.1, 0.15) is 17.3 Å². The van der Waals surface area contributed by atoms with Gasteiger partial charge in [-0.2, -0.15) is 5.10 Å². The van der Waals surface area contributed by atoms with Gasteiger partial charge < -0.3 is 15.8 Å². The van der Waals surface area contributed by atoms with Crippen molar-refractivity contribution in [1.29, 1.82) is 0 Å². The third-order valence-corrected chi connectivity index (χ3v) is 2.76. The van der Waals surface area contributed by atoms with Crippen LogP contribution in [-0.2, 0) is 13.6 Å². The second-order valence-corrected chi connectivity index (χ2v) is 4.10. The van der Waals surface area contributed by atoms with Crippen LogP contribution in [-0.4, -0.2) is 22.8 Å². The first-order chi connectivity index (χ1) is 9.10. The zero-order valence-electron chi connectivity index (χ0n) is 10.9. The average molecular weight is 260 g/mol. The summed E-state index contributed by atoms with van der Waals surface area (Å²) in [6.07, 6.45) is 0. The van der Waals surface area contributed by atoms with Crippen LogP contribution < -0.4 is 15.8 Å². The molecular weight excluding hydrogens is 244 g/mol. The number of nitrogens with two attached hydrogens (primary N) is 1. The molecule has 0 spiro atoms. The number of hydrogen-bond acceptors (Lipinski definition) is 4. The third kappa shape index (κ3) is 3.04. The highest BCUT2D eigenvalue weighted by atomic mass is 16.5. The molecule has 3 N–H and O–H groups in total. The maximum Gasteiger partial charge on any atom is 0.267 e. The van der Waals surface area contributed by atoms with Crippen LogP contribution in [0.5, 0.6) is 5.75 Å². The van der Waals surface area contributed by atoms with E-state index < -0.39 is 5.91 Å². The molecule has 0 saturated carbocycles. The molecule has 0 unspecified atom stereocenters. The number of carbonyl (C=O) groups excluding carboxylic acids is 1. The summed E-state index contributed by atoms with van der Waals surface area (Å²) < 4.78 is 6.55. The van der Waals surface area contributed by atoms with Crippen molar-refractivity contribution in [3.63, 3.8) is 0 Å². The first-order valence-corrected chi connectivity index (χ1v) is 5.81. The van der Waals surface area contributed by atoms with E-state index in [9.17, 15) is 4.79 Å². The van der Waals surface area contributed by atoms with Gasteiger partial charge in [0.2, 0.25) is 0 Å². The number of aromatic nitrogens is 2. The van der Waals surface area contributed by atoms with Crippen molar-refractivity contribution in [2.75, 3.05) is 12.4 Å². The van der Waals surface area contributed by atoms with Gasteiger partial charge in [-0.05, 0) is 17.7 Å². The summed E-state index contributed by atoms with van der Waals surface area (Å²) in [5.74, 6) is 0.942. The van der Waals surface area contributed by atoms with Gasteiger partial charge in [-0.3, -0.25) is 9.48 Å². The molecule has 0 fully saturated rings. The zero-order valence-corrected chi connectivity index (χ0v) is 10.9. The van der Waals surface area contributed by atoms with Gasteiger partial charge in [0.15, 0.2) is 0 Å². The van der Waals surface area contributed by atoms with Crippen molar-refractivity contribution in [2.45, 2.75) is 6.54 Å². The van der Waals surface area contributed by atoms with Crippen LogP contribution in [0, 0.1) is 0 Å². The van der Waals surface area contributed by atoms with Crippen LogP contribution in [0.2, 0.25) is 0 Å². The molecule has 0 atom stereocenters. The van der Waals surface area contributed by atoms with E-state index in [1.165, 1.54) is 4.68 Å². The number of hydrogen-bond donors (Lipinski definition) is 2. The molecule has 1 aromatic carbocycles. The van der Waals surface area contributed by atoms with Crippen LogP contribution in [0.3, 0.4) is 0 Å². The smallest absolute Gasteiger partial charge is 0.267 e. The molecule has 0 aliphatic heterocycles. The van der Waals surface area contributed by atoms with Crippen LogP contribution in [0.1, 0.15) is 16.1 Å². The number of methoxy groups -OCH3 is 1. The topological polar surface area (TPSA) is 82.2 Å². The molecule has 1 aromatic heterocycles. The number of aryl methyl sites for hydroxylation is 1. The number of rotatable bonds is 5. The number of ether oxygens (including phenoxy) is 1. The van der Waals surface area contributed by atoms with E-state index >= 15 is 0 Å². The van der Waals surface area contributed by atoms with Crippen molar-refractivity contribution in [2.24, 2.45) is 12.8 Å². The van der Waals surface area contributed by atoms with Crippen LogP contribution >= 0.6 is 0 Å². The molecule has 0 bridgehead atoms. The SMILES string of the molecule is COc1ccc(CNc2cc(C(N)=O)n(C)n2)cc1. The summed E-state index contributed by atoms with van der Waals surface area (Å²) >= 11 is 0. The summed E-state index contributed by atoms with van der Waals surface area (Å²) in [6.45, 7) is 0.610. The van der Waals surface area contributed by atoms with Crippen molar-refractivity contribution in [3.8, 4) is 5.75 Å². The average Bonchev–Trinajstić information content (AvgIpc) is 2.78. The lowest BCUT2D eigenvalue weighted by molar-refractivity contribution is 0.0991. The fourth-order valence-electron chi connectivity index (χ4n) is 1.72. The minimum atomic E-state index is -0.493. The number of benzene rings is 1. The normalized spacial score (nSPS) is 10.2. The van der Waals surface area contributed by atoms with Crippen LogP contribution in [0.25, 0.3) is 0 Å². The first-order valence-electron chi connectivity index (χ1n) is 5.81. The molecule has 0 radical (unpaired) electrons. The van der Waals surface area contributed by atoms with E-state index in [4.69, 9.17) is 10.5 Å². The summed E-state index contributed by atoms with van der Waals surface area (Å²) in [5, 5.41) is 7.29. The molecule has 19 heavy (non-hydrogen) atoms. The molecule has 6 nitrogen and oxygen atoms in total. The van der Waals surface area contributed by atoms with Crippen LogP contribution in [0.15, 0.2) is 30.3 Å². The number of primary amides is 1. The Bertz CT molecular complexity index is 575. The van der Waals surface area contributed by atoms with E-state index in [0.29, 0.717) is 18.1 Å². The Kier molecular flexibility index (Phi) is 3.70. The number of nitrogens with one attached hydrogen (secondary N) is 1. The largest absolute Gasteiger partial charge is 0.497 e. The molecule has 1 heterocycles. The predicted octanol–water partition coefficient (Wildman–Crippen LogP) is 1.14. The molecule has 2 rings (SSSR count). The molecule has 0 aliphatic carbocycles. The van der Waals surface area contributed by atoms with Gasteiger partial charge in [-0.1, -0.05) is 12.1 Å². The predicted molar refractivity (Wildman–Crippen MR) is 72.0 cm³/mol. The van der Waals surface area contributed by atoms with Gasteiger partial charge in [-0.15, -0.1) is 0 Å². The van der Waals surface area contributed by atoms with E-state index in [2.05, 4.69) is 10.4 Å². The van der Waals surface area contributed by atoms with E-state index in [1.54, 1.807) is 20.2 Å². The maximum atomic E-state index is 11.1. The Morgan fingerprint density at radius 1 is 1.42 bits per heavy atom. The number of amides is 1. The molecule has 100 valence electrons. The lowest BCUT2D eigenvalue weighted by Gasteiger charge is -2.04. The van der Waals surface area contributed by atoms with Crippen LogP contribution in [0.4, 0.5) is 5.82 Å². The Balaban J connectivity index is 2.01. The van der Waals surface area contributed by atoms with Crippen molar-refractivity contribution >= 4 is 11.7 Å². The first kappa shape index (κ1) is 12.9. The Morgan fingerprint density at radius 3 is 2.63 bits per heavy atom. The highest BCUT2D eigenvalue weighted by Crippen LogP contribution is 2.13. The Hall–Kier alpha value is -2.50. The van der Waals surface area contributed by atoms with Gasteiger partial charge >= 0.3 is 0 Å². The zero-order chi connectivity index (χ0) is 13.8. The monoisotopic (exact) mass is 260 g/mol. The summed E-state index contributed by atoms with van der Waals surface area (Å²) in [4.78, 5) is 11.1. The highest BCUT2D eigenvalue weighted by molar-refractivity contribution is 5.91. The minimum absolute atomic E-state index is 0.372. The Labute approximate surface area is 111 Å². The lowest BCUT2D eigenvalue weighted by Crippen LogP contribution is -2.15. The van der Waals surface area contributed by atoms with Gasteiger partial charge in [-0.25, -0.2) is 0 Å². The second-order valence-electron chi connectivity index (χ2n) is 4.10. The standard InChI is InChI=1S/C13H16N4O2/c1-17-11(13(14)18)7-12(16-17)15-8-9-3-5-10(19-2)6-4-9/h3-7H,8H2,1-2H3,(H2,14,18)(H,15,16). The molecular formula is C13H16N4O2. The fourth-order valence-corrected chi connectivity index (χ4v) is 1.72. The van der Waals surface area contributed by atoms with Gasteiger partial charge in [0.25, 0.3) is 5.91 Å². The second kappa shape index (κ2) is 5.43. The number of carbonyl (C=O) groups is 1. The summed E-state index contributed by atoms with van der Waals surface area (Å²) in [7, 11) is 3.31. The molecule has 6 heteroatoms. The van der Waals surface area contributed by atoms with Crippen molar-refractivity contribution in [1.82, 2.24) is 9.78 Å². The van der Waals surface area contributed by atoms with Gasteiger partial charge in [0, 0.05) is 19.7 Å². The molecule has 2 aromatic rings. The van der Waals surface area contributed by atoms with Gasteiger partial charge in [0.05, 0.1) is 7.11 Å². The lowest BCUT2D eigenvalue weighted by atomic mass is 10.2. The Morgan fingerprint density at radius 2 is 2.11 bits per heavy atom. The summed E-state index contributed by atoms with van der Waals surface area (Å²) in [6, 6.07) is 9.34. The summed E-state index contributed by atoms with van der Waals surface area (Å²) in [5.41, 5.74) is 6.69. The fraction of sp³-hybridized carbons (Fsp3) is 0.231. The van der Waals surface area contributed by atoms with E-state index in [0.717, 1.165) is 11.3 Å². The molecule has 0 saturated heterocycles. The van der Waals surface area contributed by atoms with E-state index in [1.807, 2.05) is 24.3 Å². The van der Waals surface area contributed by atoms with Crippen molar-refractivity contribution < 1.29 is 9.53 Å². The quantitative estimate of drug-likeness (QED) is 0.844. The van der Waals surface area contributed by atoms with Crippen molar-refractivity contribution in [3.05, 3.63) is 41.6 Å². The minimum Gasteiger partial charge on any atom is -0.497 e. The maximum absolute atomic E-state index is 11.1. The highest BCUT2D eigenvalue weighted by Gasteiger charge is 2.09. The number of anilines is 1. The van der Waals surface area contributed by atoms with E-state index in [-0.39, 0.29) is 0 Å². The molecule has 1 amide bonds. The number of nitrogens with zero attached hydrogens (tertiary/aromatic N) is 2. The third-order valence-electron chi connectivity index (χ3n) is 2.76.